The molecule has 0 saturated carbocycles. The minimum atomic E-state index is 0.681. The van der Waals surface area contributed by atoms with Gasteiger partial charge < -0.3 is 11.1 Å². The molecule has 5 heteroatoms. The van der Waals surface area contributed by atoms with E-state index in [4.69, 9.17) is 5.73 Å². The van der Waals surface area contributed by atoms with E-state index in [0.717, 1.165) is 22.6 Å². The monoisotopic (exact) mass is 231 g/mol. The second-order valence-corrected chi connectivity index (χ2v) is 4.12. The van der Waals surface area contributed by atoms with Gasteiger partial charge in [-0.1, -0.05) is 0 Å². The second kappa shape index (κ2) is 4.45. The minimum absolute atomic E-state index is 0.681. The Morgan fingerprint density at radius 3 is 2.82 bits per heavy atom. The van der Waals surface area contributed by atoms with Crippen LogP contribution in [0.5, 0.6) is 0 Å². The summed E-state index contributed by atoms with van der Waals surface area (Å²) >= 11 is 0. The lowest BCUT2D eigenvalue weighted by Crippen LogP contribution is -2.06. The zero-order valence-corrected chi connectivity index (χ0v) is 10.4. The Hall–Kier alpha value is -2.04. The van der Waals surface area contributed by atoms with Crippen molar-refractivity contribution in [3.8, 4) is 0 Å². The number of nitrogen functional groups attached to an aromatic ring is 1. The number of aryl methyl sites for hydroxylation is 2. The summed E-state index contributed by atoms with van der Waals surface area (Å²) in [7, 11) is 1.93. The summed E-state index contributed by atoms with van der Waals surface area (Å²) in [5.74, 6) is 0.730. The molecule has 0 bridgehead atoms. The van der Waals surface area contributed by atoms with E-state index in [-0.39, 0.29) is 0 Å². The first-order chi connectivity index (χ1) is 8.09. The molecular weight excluding hydrogens is 214 g/mol. The molecule has 90 valence electrons. The van der Waals surface area contributed by atoms with Gasteiger partial charge in [0, 0.05) is 31.0 Å². The van der Waals surface area contributed by atoms with Crippen LogP contribution in [0.15, 0.2) is 18.5 Å². The zero-order chi connectivity index (χ0) is 12.4. The van der Waals surface area contributed by atoms with Gasteiger partial charge in [0.15, 0.2) is 0 Å². The fourth-order valence-corrected chi connectivity index (χ4v) is 1.61. The van der Waals surface area contributed by atoms with Crippen LogP contribution in [0.1, 0.15) is 16.8 Å². The summed E-state index contributed by atoms with van der Waals surface area (Å²) in [5, 5.41) is 7.43. The van der Waals surface area contributed by atoms with E-state index in [1.807, 2.05) is 37.8 Å². The van der Waals surface area contributed by atoms with E-state index in [1.165, 1.54) is 0 Å². The maximum atomic E-state index is 5.94. The van der Waals surface area contributed by atoms with Crippen LogP contribution in [-0.2, 0) is 13.6 Å². The first kappa shape index (κ1) is 11.4. The van der Waals surface area contributed by atoms with Crippen LogP contribution in [0.4, 0.5) is 11.5 Å². The first-order valence-electron chi connectivity index (χ1n) is 5.52. The summed E-state index contributed by atoms with van der Waals surface area (Å²) in [6.45, 7) is 4.69. The number of anilines is 2. The van der Waals surface area contributed by atoms with E-state index < -0.39 is 0 Å². The molecule has 0 aliphatic heterocycles. The first-order valence-corrected chi connectivity index (χ1v) is 5.52. The van der Waals surface area contributed by atoms with Gasteiger partial charge in [0.05, 0.1) is 11.9 Å². The minimum Gasteiger partial charge on any atom is -0.396 e. The van der Waals surface area contributed by atoms with Crippen molar-refractivity contribution in [2.45, 2.75) is 20.4 Å². The van der Waals surface area contributed by atoms with Gasteiger partial charge >= 0.3 is 0 Å². The zero-order valence-electron chi connectivity index (χ0n) is 10.4. The number of nitrogens with zero attached hydrogens (tertiary/aromatic N) is 3. The SMILES string of the molecule is Cc1ccnc(NCc2cnn(C)c2C)c1N. The van der Waals surface area contributed by atoms with Gasteiger partial charge in [-0.25, -0.2) is 4.98 Å². The third kappa shape index (κ3) is 2.22. The lowest BCUT2D eigenvalue weighted by molar-refractivity contribution is 0.738. The predicted molar refractivity (Wildman–Crippen MR) is 68.7 cm³/mol. The quantitative estimate of drug-likeness (QED) is 0.842. The molecule has 2 aromatic rings. The van der Waals surface area contributed by atoms with E-state index in [1.54, 1.807) is 6.20 Å². The van der Waals surface area contributed by atoms with Gasteiger partial charge in [-0.2, -0.15) is 5.10 Å². The van der Waals surface area contributed by atoms with Crippen LogP contribution >= 0.6 is 0 Å². The van der Waals surface area contributed by atoms with Crippen molar-refractivity contribution < 1.29 is 0 Å². The van der Waals surface area contributed by atoms with Gasteiger partial charge in [0.1, 0.15) is 5.82 Å². The molecule has 0 fully saturated rings. The summed E-state index contributed by atoms with van der Waals surface area (Å²) < 4.78 is 1.85. The highest BCUT2D eigenvalue weighted by molar-refractivity contribution is 5.64. The van der Waals surface area contributed by atoms with Crippen molar-refractivity contribution in [1.29, 1.82) is 0 Å². The van der Waals surface area contributed by atoms with Crippen LogP contribution in [-0.4, -0.2) is 14.8 Å². The Morgan fingerprint density at radius 1 is 1.41 bits per heavy atom. The highest BCUT2D eigenvalue weighted by atomic mass is 15.3. The third-order valence-electron chi connectivity index (χ3n) is 2.99. The largest absolute Gasteiger partial charge is 0.396 e. The number of aromatic nitrogens is 3. The predicted octanol–water partition coefficient (Wildman–Crippen LogP) is 1.63. The Labute approximate surface area is 101 Å². The summed E-state index contributed by atoms with van der Waals surface area (Å²) in [6, 6.07) is 1.90. The molecule has 0 aliphatic carbocycles. The van der Waals surface area contributed by atoms with Gasteiger partial charge in [0.2, 0.25) is 0 Å². The molecule has 0 aromatic carbocycles. The molecule has 3 N–H and O–H groups in total. The summed E-state index contributed by atoms with van der Waals surface area (Å²) in [4.78, 5) is 4.23. The maximum absolute atomic E-state index is 5.94. The van der Waals surface area contributed by atoms with Crippen molar-refractivity contribution in [3.63, 3.8) is 0 Å². The Kier molecular flexibility index (Phi) is 2.99. The molecule has 0 aliphatic rings. The van der Waals surface area contributed by atoms with Crippen LogP contribution in [0.3, 0.4) is 0 Å². The fourth-order valence-electron chi connectivity index (χ4n) is 1.61. The van der Waals surface area contributed by atoms with Crippen LogP contribution in [0.2, 0.25) is 0 Å². The van der Waals surface area contributed by atoms with Crippen molar-refractivity contribution in [2.75, 3.05) is 11.1 Å². The average molecular weight is 231 g/mol. The fraction of sp³-hybridized carbons (Fsp3) is 0.333. The normalized spacial score (nSPS) is 10.5. The van der Waals surface area contributed by atoms with E-state index in [9.17, 15) is 0 Å². The van der Waals surface area contributed by atoms with E-state index in [2.05, 4.69) is 15.4 Å². The topological polar surface area (TPSA) is 68.8 Å². The standard InChI is InChI=1S/C12H17N5/c1-8-4-5-14-12(11(8)13)15-6-10-7-16-17(3)9(10)2/h4-5,7H,6,13H2,1-3H3,(H,14,15). The van der Waals surface area contributed by atoms with Gasteiger partial charge in [-0.3, -0.25) is 4.68 Å². The highest BCUT2D eigenvalue weighted by Gasteiger charge is 2.06. The lowest BCUT2D eigenvalue weighted by Gasteiger charge is -2.09. The lowest BCUT2D eigenvalue weighted by atomic mass is 10.2. The second-order valence-electron chi connectivity index (χ2n) is 4.12. The van der Waals surface area contributed by atoms with Crippen LogP contribution in [0, 0.1) is 13.8 Å². The molecule has 0 radical (unpaired) electrons. The van der Waals surface area contributed by atoms with Gasteiger partial charge in [-0.15, -0.1) is 0 Å². The molecule has 0 unspecified atom stereocenters. The van der Waals surface area contributed by atoms with Crippen molar-refractivity contribution >= 4 is 11.5 Å². The Balaban J connectivity index is 2.13. The number of rotatable bonds is 3. The van der Waals surface area contributed by atoms with Gasteiger partial charge in [0.25, 0.3) is 0 Å². The molecule has 0 saturated heterocycles. The van der Waals surface area contributed by atoms with E-state index in [0.29, 0.717) is 12.2 Å². The average Bonchev–Trinajstić information content (AvgIpc) is 2.62. The van der Waals surface area contributed by atoms with Crippen molar-refractivity contribution in [3.05, 3.63) is 35.3 Å². The summed E-state index contributed by atoms with van der Waals surface area (Å²) in [6.07, 6.45) is 3.61. The molecule has 0 amide bonds. The van der Waals surface area contributed by atoms with Crippen LogP contribution in [0.25, 0.3) is 0 Å². The molecular formula is C12H17N5. The number of hydrogen-bond acceptors (Lipinski definition) is 4. The van der Waals surface area contributed by atoms with Crippen molar-refractivity contribution in [1.82, 2.24) is 14.8 Å². The number of pyridine rings is 1. The number of hydrogen-bond donors (Lipinski definition) is 2. The Bertz CT molecular complexity index is 530. The third-order valence-corrected chi connectivity index (χ3v) is 2.99. The molecule has 0 spiro atoms. The van der Waals surface area contributed by atoms with Crippen LogP contribution < -0.4 is 11.1 Å². The molecule has 2 rings (SSSR count). The Morgan fingerprint density at radius 2 is 2.18 bits per heavy atom. The number of nitrogens with one attached hydrogen (secondary N) is 1. The summed E-state index contributed by atoms with van der Waals surface area (Å²) in [5.41, 5.74) is 9.97. The molecule has 2 heterocycles. The molecule has 0 atom stereocenters. The maximum Gasteiger partial charge on any atom is 0.149 e. The van der Waals surface area contributed by atoms with Gasteiger partial charge in [-0.05, 0) is 25.5 Å². The molecule has 17 heavy (non-hydrogen) atoms. The smallest absolute Gasteiger partial charge is 0.149 e. The van der Waals surface area contributed by atoms with Crippen molar-refractivity contribution in [2.24, 2.45) is 7.05 Å². The number of nitrogens with two attached hydrogens (primary N) is 1. The van der Waals surface area contributed by atoms with E-state index >= 15 is 0 Å². The molecule has 5 nitrogen and oxygen atoms in total. The highest BCUT2D eigenvalue weighted by Crippen LogP contribution is 2.19. The molecule has 2 aromatic heterocycles.